The van der Waals surface area contributed by atoms with Gasteiger partial charge in [-0.3, -0.25) is 4.79 Å². The summed E-state index contributed by atoms with van der Waals surface area (Å²) < 4.78 is 5.54. The Morgan fingerprint density at radius 1 is 1.32 bits per heavy atom. The Hall–Kier alpha value is -3.03. The molecule has 2 aromatic rings. The first-order valence-corrected chi connectivity index (χ1v) is 7.94. The van der Waals surface area contributed by atoms with Crippen LogP contribution in [0.2, 0.25) is 5.02 Å². The lowest BCUT2D eigenvalue weighted by molar-refractivity contribution is -0.112. The Bertz CT molecular complexity index is 849. The number of hydrogen-bond acceptors (Lipinski definition) is 3. The van der Waals surface area contributed by atoms with E-state index in [2.05, 4.69) is 11.9 Å². The maximum Gasteiger partial charge on any atom is 0.266 e. The lowest BCUT2D eigenvalue weighted by Crippen LogP contribution is -2.13. The fourth-order valence-corrected chi connectivity index (χ4v) is 2.23. The molecule has 0 unspecified atom stereocenters. The molecule has 0 spiro atoms. The monoisotopic (exact) mass is 352 g/mol. The van der Waals surface area contributed by atoms with Crippen LogP contribution in [0.1, 0.15) is 11.1 Å². The van der Waals surface area contributed by atoms with Gasteiger partial charge >= 0.3 is 0 Å². The summed E-state index contributed by atoms with van der Waals surface area (Å²) in [5, 5.41) is 12.5. The van der Waals surface area contributed by atoms with Crippen LogP contribution in [0.3, 0.4) is 0 Å². The molecule has 0 saturated carbocycles. The van der Waals surface area contributed by atoms with Gasteiger partial charge in [0.05, 0.1) is 0 Å². The van der Waals surface area contributed by atoms with E-state index in [4.69, 9.17) is 16.3 Å². The number of nitrogens with one attached hydrogen (secondary N) is 1. The van der Waals surface area contributed by atoms with E-state index < -0.39 is 5.91 Å². The first-order chi connectivity index (χ1) is 12.0. The third-order valence-corrected chi connectivity index (χ3v) is 3.54. The molecule has 5 heteroatoms. The molecule has 25 heavy (non-hydrogen) atoms. The zero-order chi connectivity index (χ0) is 18.2. The van der Waals surface area contributed by atoms with E-state index in [1.54, 1.807) is 36.4 Å². The Morgan fingerprint density at radius 2 is 2.04 bits per heavy atom. The van der Waals surface area contributed by atoms with Crippen LogP contribution in [0.4, 0.5) is 5.69 Å². The molecule has 2 aromatic carbocycles. The van der Waals surface area contributed by atoms with Gasteiger partial charge in [0.1, 0.15) is 24.0 Å². The summed E-state index contributed by atoms with van der Waals surface area (Å²) in [5.41, 5.74) is 2.19. The highest BCUT2D eigenvalue weighted by Crippen LogP contribution is 2.25. The van der Waals surface area contributed by atoms with Gasteiger partial charge in [0.2, 0.25) is 0 Å². The van der Waals surface area contributed by atoms with Crippen molar-refractivity contribution >= 4 is 29.3 Å². The van der Waals surface area contributed by atoms with Crippen molar-refractivity contribution in [2.24, 2.45) is 0 Å². The van der Waals surface area contributed by atoms with Crippen molar-refractivity contribution in [2.45, 2.75) is 6.92 Å². The van der Waals surface area contributed by atoms with Crippen LogP contribution in [-0.4, -0.2) is 12.5 Å². The minimum atomic E-state index is -0.499. The van der Waals surface area contributed by atoms with Crippen molar-refractivity contribution in [1.82, 2.24) is 0 Å². The average molecular weight is 353 g/mol. The van der Waals surface area contributed by atoms with Crippen molar-refractivity contribution in [3.8, 4) is 11.8 Å². The number of nitrogens with zero attached hydrogens (tertiary/aromatic N) is 1. The van der Waals surface area contributed by atoms with Gasteiger partial charge in [-0.05, 0) is 43.3 Å². The maximum atomic E-state index is 12.4. The maximum absolute atomic E-state index is 12.4. The molecule has 4 nitrogen and oxygen atoms in total. The number of benzene rings is 2. The first kappa shape index (κ1) is 18.3. The number of amides is 1. The molecule has 0 aliphatic heterocycles. The van der Waals surface area contributed by atoms with Gasteiger partial charge in [-0.25, -0.2) is 0 Å². The number of anilines is 1. The largest absolute Gasteiger partial charge is 0.489 e. The van der Waals surface area contributed by atoms with Gasteiger partial charge in [-0.1, -0.05) is 42.0 Å². The number of rotatable bonds is 6. The van der Waals surface area contributed by atoms with Crippen LogP contribution in [-0.2, 0) is 4.79 Å². The number of aryl methyl sites for hydroxylation is 1. The fourth-order valence-electron chi connectivity index (χ4n) is 2.05. The molecule has 1 amide bonds. The Labute approximate surface area is 152 Å². The predicted octanol–water partition coefficient (Wildman–Crippen LogP) is 4.76. The van der Waals surface area contributed by atoms with Crippen LogP contribution in [0.15, 0.2) is 60.7 Å². The molecule has 0 radical (unpaired) electrons. The Morgan fingerprint density at radius 3 is 2.68 bits per heavy atom. The standard InChI is InChI=1S/C20H17ClN2O2/c1-3-10-25-19-9-6-17(21)12-15(19)11-16(13-22)20(24)23-18-7-4-14(2)5-8-18/h3-9,11-12H,1,10H2,2H3,(H,23,24)/b16-11+. The van der Waals surface area contributed by atoms with E-state index in [0.717, 1.165) is 5.56 Å². The van der Waals surface area contributed by atoms with Gasteiger partial charge in [0.25, 0.3) is 5.91 Å². The van der Waals surface area contributed by atoms with Crippen LogP contribution in [0, 0.1) is 18.3 Å². The molecular weight excluding hydrogens is 336 g/mol. The highest BCUT2D eigenvalue weighted by Gasteiger charge is 2.12. The number of halogens is 1. The van der Waals surface area contributed by atoms with E-state index in [0.29, 0.717) is 28.6 Å². The minimum Gasteiger partial charge on any atom is -0.489 e. The highest BCUT2D eigenvalue weighted by atomic mass is 35.5. The molecule has 0 saturated heterocycles. The third-order valence-electron chi connectivity index (χ3n) is 3.30. The van der Waals surface area contributed by atoms with Crippen molar-refractivity contribution in [3.05, 3.63) is 76.8 Å². The van der Waals surface area contributed by atoms with Crippen LogP contribution in [0.5, 0.6) is 5.75 Å². The molecule has 1 N–H and O–H groups in total. The van der Waals surface area contributed by atoms with Crippen LogP contribution in [0.25, 0.3) is 6.08 Å². The van der Waals surface area contributed by atoms with Gasteiger partial charge < -0.3 is 10.1 Å². The second-order valence-corrected chi connectivity index (χ2v) is 5.71. The van der Waals surface area contributed by atoms with Crippen molar-refractivity contribution in [1.29, 1.82) is 5.26 Å². The molecule has 0 atom stereocenters. The van der Waals surface area contributed by atoms with Crippen molar-refractivity contribution in [3.63, 3.8) is 0 Å². The first-order valence-electron chi connectivity index (χ1n) is 7.56. The summed E-state index contributed by atoms with van der Waals surface area (Å²) in [5.74, 6) is 0.0150. The minimum absolute atomic E-state index is 0.0497. The molecule has 0 heterocycles. The van der Waals surface area contributed by atoms with Crippen LogP contribution < -0.4 is 10.1 Å². The van der Waals surface area contributed by atoms with Gasteiger partial charge in [0.15, 0.2) is 0 Å². The molecular formula is C20H17ClN2O2. The normalized spacial score (nSPS) is 10.7. The smallest absolute Gasteiger partial charge is 0.266 e. The SMILES string of the molecule is C=CCOc1ccc(Cl)cc1/C=C(\C#N)C(=O)Nc1ccc(C)cc1. The Balaban J connectivity index is 2.28. The molecule has 0 aliphatic carbocycles. The van der Waals surface area contributed by atoms with Crippen molar-refractivity contribution < 1.29 is 9.53 Å². The van der Waals surface area contributed by atoms with Crippen molar-refractivity contribution in [2.75, 3.05) is 11.9 Å². The number of carbonyl (C=O) groups excluding carboxylic acids is 1. The lowest BCUT2D eigenvalue weighted by atomic mass is 10.1. The second-order valence-electron chi connectivity index (χ2n) is 5.27. The molecule has 126 valence electrons. The summed E-state index contributed by atoms with van der Waals surface area (Å²) in [4.78, 5) is 12.4. The van der Waals surface area contributed by atoms with Gasteiger partial charge in [0, 0.05) is 16.3 Å². The molecule has 0 fully saturated rings. The summed E-state index contributed by atoms with van der Waals surface area (Å²) in [6, 6.07) is 14.2. The zero-order valence-electron chi connectivity index (χ0n) is 13.8. The lowest BCUT2D eigenvalue weighted by Gasteiger charge is -2.09. The molecule has 0 aromatic heterocycles. The highest BCUT2D eigenvalue weighted by molar-refractivity contribution is 6.30. The van der Waals surface area contributed by atoms with E-state index in [1.165, 1.54) is 6.08 Å². The Kier molecular flexibility index (Phi) is 6.39. The summed E-state index contributed by atoms with van der Waals surface area (Å²) in [6.07, 6.45) is 3.06. The fraction of sp³-hybridized carbons (Fsp3) is 0.100. The summed E-state index contributed by atoms with van der Waals surface area (Å²) in [6.45, 7) is 5.86. The van der Waals surface area contributed by atoms with Crippen LogP contribution >= 0.6 is 11.6 Å². The summed E-state index contributed by atoms with van der Waals surface area (Å²) in [7, 11) is 0. The van der Waals surface area contributed by atoms with Gasteiger partial charge in [-0.2, -0.15) is 5.26 Å². The van der Waals surface area contributed by atoms with E-state index in [1.807, 2.05) is 25.1 Å². The third kappa shape index (κ3) is 5.23. The van der Waals surface area contributed by atoms with E-state index in [-0.39, 0.29) is 5.57 Å². The summed E-state index contributed by atoms with van der Waals surface area (Å²) >= 11 is 6.01. The topological polar surface area (TPSA) is 62.1 Å². The number of hydrogen-bond donors (Lipinski definition) is 1. The number of carbonyl (C=O) groups is 1. The predicted molar refractivity (Wildman–Crippen MR) is 101 cm³/mol. The quantitative estimate of drug-likeness (QED) is 0.463. The molecule has 0 aliphatic rings. The van der Waals surface area contributed by atoms with Gasteiger partial charge in [-0.15, -0.1) is 0 Å². The van der Waals surface area contributed by atoms with E-state index >= 15 is 0 Å². The zero-order valence-corrected chi connectivity index (χ0v) is 14.5. The van der Waals surface area contributed by atoms with E-state index in [9.17, 15) is 10.1 Å². The molecule has 0 bridgehead atoms. The number of nitriles is 1. The average Bonchev–Trinajstić information content (AvgIpc) is 2.60. The molecule has 2 rings (SSSR count). The number of ether oxygens (including phenoxy) is 1. The second kappa shape index (κ2) is 8.72.